The highest BCUT2D eigenvalue weighted by molar-refractivity contribution is 7.98. The van der Waals surface area contributed by atoms with Gasteiger partial charge < -0.3 is 15.7 Å². The molecule has 3 N–H and O–H groups in total. The highest BCUT2D eigenvalue weighted by atomic mass is 32.2. The highest BCUT2D eigenvalue weighted by Crippen LogP contribution is 2.10. The number of hydrogen-bond acceptors (Lipinski definition) is 3. The molecular weight excluding hydrogens is 279 g/mol. The minimum atomic E-state index is -0.938. The van der Waals surface area contributed by atoms with Gasteiger partial charge in [0.05, 0.1) is 5.60 Å². The molecule has 0 saturated heterocycles. The first-order valence-electron chi connectivity index (χ1n) is 6.32. The fourth-order valence-corrected chi connectivity index (χ4v) is 2.35. The molecule has 1 rings (SSSR count). The van der Waals surface area contributed by atoms with Crippen molar-refractivity contribution in [1.29, 1.82) is 0 Å². The minimum absolute atomic E-state index is 0.169. The number of aryl methyl sites for hydroxylation is 1. The lowest BCUT2D eigenvalue weighted by Gasteiger charge is -2.22. The van der Waals surface area contributed by atoms with E-state index in [4.69, 9.17) is 0 Å². The molecule has 1 unspecified atom stereocenters. The molecule has 0 aliphatic carbocycles. The van der Waals surface area contributed by atoms with Gasteiger partial charge in [-0.15, -0.1) is 0 Å². The number of halogens is 1. The number of thioether (sulfide) groups is 1. The molecule has 2 amide bonds. The zero-order chi connectivity index (χ0) is 15.2. The van der Waals surface area contributed by atoms with Gasteiger partial charge in [0.15, 0.2) is 0 Å². The molecule has 0 heterocycles. The number of rotatable bonds is 6. The van der Waals surface area contributed by atoms with E-state index in [2.05, 4.69) is 10.6 Å². The van der Waals surface area contributed by atoms with Crippen LogP contribution in [0.2, 0.25) is 0 Å². The van der Waals surface area contributed by atoms with E-state index >= 15 is 0 Å². The first-order chi connectivity index (χ1) is 9.34. The van der Waals surface area contributed by atoms with Crippen molar-refractivity contribution in [2.45, 2.75) is 26.0 Å². The van der Waals surface area contributed by atoms with Crippen LogP contribution in [-0.4, -0.2) is 35.3 Å². The second-order valence-electron chi connectivity index (χ2n) is 5.05. The Labute approximate surface area is 123 Å². The molecule has 4 nitrogen and oxygen atoms in total. The summed E-state index contributed by atoms with van der Waals surface area (Å²) in [6, 6.07) is 4.46. The topological polar surface area (TPSA) is 61.4 Å². The van der Waals surface area contributed by atoms with Crippen LogP contribution in [0, 0.1) is 12.7 Å². The Bertz CT molecular complexity index is 466. The van der Waals surface area contributed by atoms with Crippen LogP contribution < -0.4 is 10.6 Å². The Kier molecular flexibility index (Phi) is 6.29. The van der Waals surface area contributed by atoms with Gasteiger partial charge in [0.1, 0.15) is 5.82 Å². The van der Waals surface area contributed by atoms with Crippen LogP contribution in [0.4, 0.5) is 9.18 Å². The van der Waals surface area contributed by atoms with Crippen molar-refractivity contribution < 1.29 is 14.3 Å². The molecule has 1 aromatic rings. The molecule has 0 fully saturated rings. The summed E-state index contributed by atoms with van der Waals surface area (Å²) in [5, 5.41) is 15.1. The van der Waals surface area contributed by atoms with Crippen molar-refractivity contribution in [2.24, 2.45) is 0 Å². The van der Waals surface area contributed by atoms with Crippen molar-refractivity contribution in [3.05, 3.63) is 35.1 Å². The molecule has 1 aromatic carbocycles. The van der Waals surface area contributed by atoms with Crippen LogP contribution in [0.3, 0.4) is 0 Å². The summed E-state index contributed by atoms with van der Waals surface area (Å²) in [5.41, 5.74) is 0.331. The van der Waals surface area contributed by atoms with Gasteiger partial charge in [0, 0.05) is 18.8 Å². The van der Waals surface area contributed by atoms with Crippen LogP contribution in [0.5, 0.6) is 0 Å². The zero-order valence-corrected chi connectivity index (χ0v) is 12.8. The number of nitrogens with one attached hydrogen (secondary N) is 2. The van der Waals surface area contributed by atoms with Crippen molar-refractivity contribution in [3.63, 3.8) is 0 Å². The third-order valence-electron chi connectivity index (χ3n) is 2.77. The number of hydrogen-bond donors (Lipinski definition) is 3. The van der Waals surface area contributed by atoms with E-state index in [1.54, 1.807) is 26.0 Å². The monoisotopic (exact) mass is 300 g/mol. The zero-order valence-electron chi connectivity index (χ0n) is 12.0. The standard InChI is InChI=1S/C14H21FN2O2S/c1-10-4-5-11(6-12(10)15)7-16-13(18)17-8-14(2,19)9-20-3/h4-6,19H,7-9H2,1-3H3,(H2,16,17,18). The average Bonchev–Trinajstić information content (AvgIpc) is 2.38. The third-order valence-corrected chi connectivity index (χ3v) is 3.68. The number of amides is 2. The Hall–Kier alpha value is -1.27. The van der Waals surface area contributed by atoms with Gasteiger partial charge in [-0.05, 0) is 37.3 Å². The van der Waals surface area contributed by atoms with E-state index in [0.29, 0.717) is 16.9 Å². The molecule has 0 aromatic heterocycles. The number of aliphatic hydroxyl groups is 1. The molecular formula is C14H21FN2O2S. The molecule has 1 atom stereocenters. The van der Waals surface area contributed by atoms with Gasteiger partial charge in [-0.25, -0.2) is 9.18 Å². The smallest absolute Gasteiger partial charge is 0.315 e. The number of urea groups is 1. The van der Waals surface area contributed by atoms with Crippen molar-refractivity contribution >= 4 is 17.8 Å². The summed E-state index contributed by atoms with van der Waals surface area (Å²) in [5.74, 6) is 0.254. The molecule has 0 aliphatic rings. The molecule has 112 valence electrons. The van der Waals surface area contributed by atoms with Gasteiger partial charge >= 0.3 is 6.03 Å². The molecule has 0 aliphatic heterocycles. The lowest BCUT2D eigenvalue weighted by molar-refractivity contribution is 0.0869. The Morgan fingerprint density at radius 1 is 1.45 bits per heavy atom. The van der Waals surface area contributed by atoms with Crippen molar-refractivity contribution in [2.75, 3.05) is 18.6 Å². The van der Waals surface area contributed by atoms with Crippen LogP contribution in [0.15, 0.2) is 18.2 Å². The second kappa shape index (κ2) is 7.50. The van der Waals surface area contributed by atoms with Gasteiger partial charge in [0.2, 0.25) is 0 Å². The predicted molar refractivity (Wildman–Crippen MR) is 80.4 cm³/mol. The normalized spacial score (nSPS) is 13.7. The fraction of sp³-hybridized carbons (Fsp3) is 0.500. The minimum Gasteiger partial charge on any atom is -0.387 e. The van der Waals surface area contributed by atoms with Crippen LogP contribution in [0.25, 0.3) is 0 Å². The van der Waals surface area contributed by atoms with E-state index in [1.807, 2.05) is 6.26 Å². The molecule has 0 radical (unpaired) electrons. The van der Waals surface area contributed by atoms with E-state index in [-0.39, 0.29) is 24.9 Å². The van der Waals surface area contributed by atoms with E-state index in [9.17, 15) is 14.3 Å². The first kappa shape index (κ1) is 16.8. The fourth-order valence-electron chi connectivity index (χ4n) is 1.62. The van der Waals surface area contributed by atoms with Gasteiger partial charge in [-0.1, -0.05) is 12.1 Å². The largest absolute Gasteiger partial charge is 0.387 e. The van der Waals surface area contributed by atoms with Gasteiger partial charge in [-0.3, -0.25) is 0 Å². The molecule has 6 heteroatoms. The third kappa shape index (κ3) is 5.79. The maximum absolute atomic E-state index is 13.3. The molecule has 0 saturated carbocycles. The predicted octanol–water partition coefficient (Wildman–Crippen LogP) is 2.05. The number of carbonyl (C=O) groups is 1. The lowest BCUT2D eigenvalue weighted by Crippen LogP contribution is -2.45. The van der Waals surface area contributed by atoms with Gasteiger partial charge in [-0.2, -0.15) is 11.8 Å². The summed E-state index contributed by atoms with van der Waals surface area (Å²) in [6.07, 6.45) is 1.89. The summed E-state index contributed by atoms with van der Waals surface area (Å²) in [4.78, 5) is 11.6. The molecule has 0 bridgehead atoms. The van der Waals surface area contributed by atoms with Gasteiger partial charge in [0.25, 0.3) is 0 Å². The number of carbonyl (C=O) groups excluding carboxylic acids is 1. The average molecular weight is 300 g/mol. The quantitative estimate of drug-likeness (QED) is 0.753. The van der Waals surface area contributed by atoms with Crippen LogP contribution in [-0.2, 0) is 6.54 Å². The van der Waals surface area contributed by atoms with Crippen molar-refractivity contribution in [3.8, 4) is 0 Å². The summed E-state index contributed by atoms with van der Waals surface area (Å²) >= 11 is 1.51. The Morgan fingerprint density at radius 2 is 2.15 bits per heavy atom. The van der Waals surface area contributed by atoms with E-state index in [0.717, 1.165) is 0 Å². The summed E-state index contributed by atoms with van der Waals surface area (Å²) < 4.78 is 13.3. The Morgan fingerprint density at radius 3 is 2.75 bits per heavy atom. The molecule has 0 spiro atoms. The van der Waals surface area contributed by atoms with Crippen LogP contribution in [0.1, 0.15) is 18.1 Å². The maximum atomic E-state index is 13.3. The SMILES string of the molecule is CSCC(C)(O)CNC(=O)NCc1ccc(C)c(F)c1. The molecule has 20 heavy (non-hydrogen) atoms. The number of benzene rings is 1. The Balaban J connectivity index is 2.38. The summed E-state index contributed by atoms with van der Waals surface area (Å²) in [7, 11) is 0. The maximum Gasteiger partial charge on any atom is 0.315 e. The second-order valence-corrected chi connectivity index (χ2v) is 5.92. The first-order valence-corrected chi connectivity index (χ1v) is 7.71. The van der Waals surface area contributed by atoms with E-state index < -0.39 is 5.60 Å². The van der Waals surface area contributed by atoms with Crippen LogP contribution >= 0.6 is 11.8 Å². The van der Waals surface area contributed by atoms with E-state index in [1.165, 1.54) is 17.8 Å². The van der Waals surface area contributed by atoms with Crippen molar-refractivity contribution in [1.82, 2.24) is 10.6 Å². The lowest BCUT2D eigenvalue weighted by atomic mass is 10.1. The highest BCUT2D eigenvalue weighted by Gasteiger charge is 2.20. The summed E-state index contributed by atoms with van der Waals surface area (Å²) in [6.45, 7) is 3.77.